The van der Waals surface area contributed by atoms with E-state index in [1.807, 2.05) is 45.0 Å². The first-order valence-electron chi connectivity index (χ1n) is 5.44. The van der Waals surface area contributed by atoms with Gasteiger partial charge in [-0.1, -0.05) is 19.1 Å². The fourth-order valence-electron chi connectivity index (χ4n) is 1.42. The molecule has 0 radical (unpaired) electrons. The molecule has 0 saturated carbocycles. The molecule has 1 aromatic rings. The van der Waals surface area contributed by atoms with Crippen LogP contribution < -0.4 is 4.74 Å². The predicted molar refractivity (Wildman–Crippen MR) is 61.4 cm³/mol. The molecule has 0 atom stereocenters. The van der Waals surface area contributed by atoms with Crippen LogP contribution in [0.1, 0.15) is 44.0 Å². The second-order valence-electron chi connectivity index (χ2n) is 3.84. The van der Waals surface area contributed by atoms with E-state index >= 15 is 0 Å². The van der Waals surface area contributed by atoms with Gasteiger partial charge in [0.25, 0.3) is 0 Å². The fraction of sp³-hybridized carbons (Fsp3) is 0.462. The minimum Gasteiger partial charge on any atom is -0.490 e. The number of Topliss-reactive ketones (excluding diaryl/α,β-unsaturated/α-hetero) is 1. The maximum atomic E-state index is 11.8. The molecule has 0 aliphatic heterocycles. The molecule has 15 heavy (non-hydrogen) atoms. The zero-order valence-corrected chi connectivity index (χ0v) is 9.62. The summed E-state index contributed by atoms with van der Waals surface area (Å²) in [7, 11) is 0. The van der Waals surface area contributed by atoms with Gasteiger partial charge in [0.1, 0.15) is 5.75 Å². The Kier molecular flexibility index (Phi) is 4.35. The molecule has 1 rings (SSSR count). The smallest absolute Gasteiger partial charge is 0.166 e. The van der Waals surface area contributed by atoms with Gasteiger partial charge in [0.15, 0.2) is 5.78 Å². The lowest BCUT2D eigenvalue weighted by atomic mass is 10.1. The molecule has 0 spiro atoms. The largest absolute Gasteiger partial charge is 0.490 e. The summed E-state index contributed by atoms with van der Waals surface area (Å²) < 4.78 is 5.59. The van der Waals surface area contributed by atoms with Crippen LogP contribution in [0.2, 0.25) is 0 Å². The molecule has 82 valence electrons. The Morgan fingerprint density at radius 3 is 2.60 bits per heavy atom. The lowest BCUT2D eigenvalue weighted by Gasteiger charge is -2.13. The lowest BCUT2D eigenvalue weighted by Crippen LogP contribution is -2.09. The highest BCUT2D eigenvalue weighted by Gasteiger charge is 2.11. The average molecular weight is 206 g/mol. The number of hydrogen-bond donors (Lipinski definition) is 0. The minimum atomic E-state index is 0.0978. The van der Waals surface area contributed by atoms with Crippen molar-refractivity contribution in [3.63, 3.8) is 0 Å². The van der Waals surface area contributed by atoms with Gasteiger partial charge in [-0.25, -0.2) is 0 Å². The third-order valence-corrected chi connectivity index (χ3v) is 2.03. The Labute approximate surface area is 91.3 Å². The minimum absolute atomic E-state index is 0.0978. The maximum absolute atomic E-state index is 11.8. The van der Waals surface area contributed by atoms with E-state index in [-0.39, 0.29) is 11.9 Å². The molecule has 0 bridgehead atoms. The lowest BCUT2D eigenvalue weighted by molar-refractivity contribution is 0.0976. The molecule has 0 unspecified atom stereocenters. The summed E-state index contributed by atoms with van der Waals surface area (Å²) in [6.07, 6.45) is 1.55. The van der Waals surface area contributed by atoms with Gasteiger partial charge in [-0.05, 0) is 32.4 Å². The molecule has 2 heteroatoms. The molecule has 0 aliphatic rings. The molecular weight excluding hydrogens is 188 g/mol. The van der Waals surface area contributed by atoms with E-state index in [1.54, 1.807) is 0 Å². The van der Waals surface area contributed by atoms with Crippen molar-refractivity contribution in [2.75, 3.05) is 0 Å². The van der Waals surface area contributed by atoms with Gasteiger partial charge in [-0.2, -0.15) is 0 Å². The summed E-state index contributed by atoms with van der Waals surface area (Å²) in [5, 5.41) is 0. The van der Waals surface area contributed by atoms with Gasteiger partial charge in [0, 0.05) is 6.42 Å². The van der Waals surface area contributed by atoms with Crippen molar-refractivity contribution in [3.8, 4) is 5.75 Å². The molecule has 0 aromatic heterocycles. The molecular formula is C13H18O2. The molecule has 0 saturated heterocycles. The van der Waals surface area contributed by atoms with Gasteiger partial charge < -0.3 is 4.74 Å². The summed E-state index contributed by atoms with van der Waals surface area (Å²) in [5.41, 5.74) is 0.702. The van der Waals surface area contributed by atoms with E-state index in [2.05, 4.69) is 0 Å². The number of para-hydroxylation sites is 1. The molecule has 0 amide bonds. The van der Waals surface area contributed by atoms with Crippen LogP contribution in [0.25, 0.3) is 0 Å². The van der Waals surface area contributed by atoms with E-state index in [0.717, 1.165) is 6.42 Å². The van der Waals surface area contributed by atoms with Gasteiger partial charge in [-0.15, -0.1) is 0 Å². The van der Waals surface area contributed by atoms with E-state index in [0.29, 0.717) is 17.7 Å². The van der Waals surface area contributed by atoms with Gasteiger partial charge in [0.05, 0.1) is 11.7 Å². The topological polar surface area (TPSA) is 26.3 Å². The van der Waals surface area contributed by atoms with Gasteiger partial charge in [-0.3, -0.25) is 4.79 Å². The Bertz CT molecular complexity index is 329. The zero-order valence-electron chi connectivity index (χ0n) is 9.62. The fourth-order valence-corrected chi connectivity index (χ4v) is 1.42. The SMILES string of the molecule is CCCC(=O)c1ccccc1OC(C)C. The number of hydrogen-bond acceptors (Lipinski definition) is 2. The van der Waals surface area contributed by atoms with E-state index in [9.17, 15) is 4.79 Å². The van der Waals surface area contributed by atoms with Crippen LogP contribution in [0.3, 0.4) is 0 Å². The first-order valence-corrected chi connectivity index (χ1v) is 5.44. The van der Waals surface area contributed by atoms with Crippen LogP contribution in [0, 0.1) is 0 Å². The number of ketones is 1. The average Bonchev–Trinajstić information content (AvgIpc) is 2.18. The summed E-state index contributed by atoms with van der Waals surface area (Å²) in [6.45, 7) is 5.92. The van der Waals surface area contributed by atoms with E-state index < -0.39 is 0 Å². The quantitative estimate of drug-likeness (QED) is 0.690. The Balaban J connectivity index is 2.90. The maximum Gasteiger partial charge on any atom is 0.166 e. The predicted octanol–water partition coefficient (Wildman–Crippen LogP) is 3.46. The second kappa shape index (κ2) is 5.54. The zero-order chi connectivity index (χ0) is 11.3. The third-order valence-electron chi connectivity index (χ3n) is 2.03. The van der Waals surface area contributed by atoms with Crippen molar-refractivity contribution in [1.82, 2.24) is 0 Å². The van der Waals surface area contributed by atoms with Crippen molar-refractivity contribution in [3.05, 3.63) is 29.8 Å². The summed E-state index contributed by atoms with van der Waals surface area (Å²) in [6, 6.07) is 7.44. The van der Waals surface area contributed by atoms with Crippen LogP contribution in [0.4, 0.5) is 0 Å². The number of ether oxygens (including phenoxy) is 1. The molecule has 1 aromatic carbocycles. The van der Waals surface area contributed by atoms with Crippen molar-refractivity contribution in [1.29, 1.82) is 0 Å². The van der Waals surface area contributed by atoms with Crippen LogP contribution in [0.5, 0.6) is 5.75 Å². The highest BCUT2D eigenvalue weighted by atomic mass is 16.5. The van der Waals surface area contributed by atoms with Crippen molar-refractivity contribution >= 4 is 5.78 Å². The molecule has 0 aliphatic carbocycles. The van der Waals surface area contributed by atoms with Crippen LogP contribution >= 0.6 is 0 Å². The van der Waals surface area contributed by atoms with Gasteiger partial charge >= 0.3 is 0 Å². The number of carbonyl (C=O) groups is 1. The summed E-state index contributed by atoms with van der Waals surface area (Å²) in [5.74, 6) is 0.861. The molecule has 0 fully saturated rings. The van der Waals surface area contributed by atoms with Crippen LogP contribution in [0.15, 0.2) is 24.3 Å². The van der Waals surface area contributed by atoms with Crippen molar-refractivity contribution in [2.24, 2.45) is 0 Å². The monoisotopic (exact) mass is 206 g/mol. The molecule has 0 N–H and O–H groups in total. The number of carbonyl (C=O) groups excluding carboxylic acids is 1. The Hall–Kier alpha value is -1.31. The van der Waals surface area contributed by atoms with Crippen LogP contribution in [-0.2, 0) is 0 Å². The van der Waals surface area contributed by atoms with Crippen molar-refractivity contribution in [2.45, 2.75) is 39.7 Å². The normalized spacial score (nSPS) is 10.4. The van der Waals surface area contributed by atoms with E-state index in [1.165, 1.54) is 0 Å². The highest BCUT2D eigenvalue weighted by Crippen LogP contribution is 2.21. The second-order valence-corrected chi connectivity index (χ2v) is 3.84. The first kappa shape index (κ1) is 11.8. The molecule has 0 heterocycles. The van der Waals surface area contributed by atoms with Gasteiger partial charge in [0.2, 0.25) is 0 Å². The summed E-state index contributed by atoms with van der Waals surface area (Å²) >= 11 is 0. The van der Waals surface area contributed by atoms with Crippen molar-refractivity contribution < 1.29 is 9.53 Å². The standard InChI is InChI=1S/C13H18O2/c1-4-7-12(14)11-8-5-6-9-13(11)15-10(2)3/h5-6,8-10H,4,7H2,1-3H3. The first-order chi connectivity index (χ1) is 7.15. The summed E-state index contributed by atoms with van der Waals surface area (Å²) in [4.78, 5) is 11.8. The third kappa shape index (κ3) is 3.39. The number of rotatable bonds is 5. The number of benzene rings is 1. The van der Waals surface area contributed by atoms with Crippen LogP contribution in [-0.4, -0.2) is 11.9 Å². The van der Waals surface area contributed by atoms with E-state index in [4.69, 9.17) is 4.74 Å². The highest BCUT2D eigenvalue weighted by molar-refractivity contribution is 5.98. The molecule has 2 nitrogen and oxygen atoms in total. The Morgan fingerprint density at radius 1 is 1.33 bits per heavy atom. The Morgan fingerprint density at radius 2 is 2.00 bits per heavy atom.